The largest absolute Gasteiger partial charge is 0.496 e. The SMILES string of the molecule is COc1ccc(NC(=O)CN2CCN([C@H](C)CO)CC2)c([N+](=O)[O-])c1. The second-order valence-corrected chi connectivity index (χ2v) is 6.03. The van der Waals surface area contributed by atoms with Crippen molar-refractivity contribution in [3.05, 3.63) is 28.3 Å². The zero-order valence-corrected chi connectivity index (χ0v) is 14.5. The molecular weight excluding hydrogens is 328 g/mol. The van der Waals surface area contributed by atoms with Crippen LogP contribution >= 0.6 is 0 Å². The number of carbonyl (C=O) groups is 1. The van der Waals surface area contributed by atoms with E-state index in [4.69, 9.17) is 4.74 Å². The van der Waals surface area contributed by atoms with Gasteiger partial charge >= 0.3 is 0 Å². The third-order valence-electron chi connectivity index (χ3n) is 4.34. The van der Waals surface area contributed by atoms with Gasteiger partial charge in [-0.05, 0) is 19.1 Å². The van der Waals surface area contributed by atoms with E-state index in [-0.39, 0.29) is 36.5 Å². The molecule has 0 spiro atoms. The number of hydrogen-bond acceptors (Lipinski definition) is 7. The summed E-state index contributed by atoms with van der Waals surface area (Å²) in [6, 6.07) is 4.43. The Balaban J connectivity index is 1.92. The fourth-order valence-electron chi connectivity index (χ4n) is 2.77. The summed E-state index contributed by atoms with van der Waals surface area (Å²) >= 11 is 0. The lowest BCUT2D eigenvalue weighted by Crippen LogP contribution is -2.51. The second-order valence-electron chi connectivity index (χ2n) is 6.03. The van der Waals surface area contributed by atoms with Crippen molar-refractivity contribution in [1.29, 1.82) is 0 Å². The van der Waals surface area contributed by atoms with E-state index >= 15 is 0 Å². The summed E-state index contributed by atoms with van der Waals surface area (Å²) in [5, 5.41) is 22.9. The summed E-state index contributed by atoms with van der Waals surface area (Å²) in [6.07, 6.45) is 0. The highest BCUT2D eigenvalue weighted by atomic mass is 16.6. The molecule has 0 saturated carbocycles. The predicted molar refractivity (Wildman–Crippen MR) is 92.8 cm³/mol. The molecular formula is C16H24N4O5. The van der Waals surface area contributed by atoms with Crippen LogP contribution in [0.5, 0.6) is 5.75 Å². The van der Waals surface area contributed by atoms with Crippen LogP contribution in [0.1, 0.15) is 6.92 Å². The lowest BCUT2D eigenvalue weighted by Gasteiger charge is -2.37. The van der Waals surface area contributed by atoms with Gasteiger partial charge in [0.05, 0.1) is 31.3 Å². The van der Waals surface area contributed by atoms with E-state index in [9.17, 15) is 20.0 Å². The van der Waals surface area contributed by atoms with Gasteiger partial charge < -0.3 is 15.2 Å². The number of piperazine rings is 1. The minimum Gasteiger partial charge on any atom is -0.496 e. The van der Waals surface area contributed by atoms with Crippen molar-refractivity contribution in [2.75, 3.05) is 51.8 Å². The molecule has 1 amide bonds. The van der Waals surface area contributed by atoms with Gasteiger partial charge in [-0.15, -0.1) is 0 Å². The van der Waals surface area contributed by atoms with Crippen LogP contribution in [0.25, 0.3) is 0 Å². The van der Waals surface area contributed by atoms with Crippen LogP contribution in [0.2, 0.25) is 0 Å². The molecule has 1 aliphatic rings. The Bertz CT molecular complexity index is 617. The molecule has 2 rings (SSSR count). The molecule has 1 saturated heterocycles. The summed E-state index contributed by atoms with van der Waals surface area (Å²) in [7, 11) is 1.43. The van der Waals surface area contributed by atoms with E-state index in [0.717, 1.165) is 13.1 Å². The number of nitro groups is 1. The third-order valence-corrected chi connectivity index (χ3v) is 4.34. The molecule has 25 heavy (non-hydrogen) atoms. The first-order valence-electron chi connectivity index (χ1n) is 8.14. The summed E-state index contributed by atoms with van der Waals surface area (Å²) in [6.45, 7) is 5.22. The summed E-state index contributed by atoms with van der Waals surface area (Å²) in [4.78, 5) is 27.0. The summed E-state index contributed by atoms with van der Waals surface area (Å²) in [5.41, 5.74) is -0.0439. The summed E-state index contributed by atoms with van der Waals surface area (Å²) in [5.74, 6) is 0.0655. The lowest BCUT2D eigenvalue weighted by molar-refractivity contribution is -0.384. The average molecular weight is 352 g/mol. The van der Waals surface area contributed by atoms with Crippen molar-refractivity contribution in [3.8, 4) is 5.75 Å². The Hall–Kier alpha value is -2.23. The Labute approximate surface area is 146 Å². The first-order valence-corrected chi connectivity index (χ1v) is 8.14. The number of nitro benzene ring substituents is 1. The van der Waals surface area contributed by atoms with E-state index in [0.29, 0.717) is 18.8 Å². The van der Waals surface area contributed by atoms with Crippen LogP contribution in [-0.2, 0) is 4.79 Å². The van der Waals surface area contributed by atoms with Gasteiger partial charge in [0.1, 0.15) is 11.4 Å². The molecule has 1 aliphatic heterocycles. The van der Waals surface area contributed by atoms with Crippen LogP contribution in [0.3, 0.4) is 0 Å². The topological polar surface area (TPSA) is 108 Å². The van der Waals surface area contributed by atoms with Crippen LogP contribution < -0.4 is 10.1 Å². The number of benzene rings is 1. The minimum absolute atomic E-state index is 0.109. The number of aliphatic hydroxyl groups excluding tert-OH is 1. The van der Waals surface area contributed by atoms with Crippen LogP contribution in [0.4, 0.5) is 11.4 Å². The first-order chi connectivity index (χ1) is 11.9. The molecule has 9 nitrogen and oxygen atoms in total. The maximum Gasteiger partial charge on any atom is 0.296 e. The van der Waals surface area contributed by atoms with Gasteiger partial charge in [-0.1, -0.05) is 0 Å². The fraction of sp³-hybridized carbons (Fsp3) is 0.562. The molecule has 0 bridgehead atoms. The fourth-order valence-corrected chi connectivity index (χ4v) is 2.77. The van der Waals surface area contributed by atoms with Crippen LogP contribution in [0, 0.1) is 10.1 Å². The zero-order valence-electron chi connectivity index (χ0n) is 14.5. The first kappa shape index (κ1) is 19.1. The summed E-state index contributed by atoms with van der Waals surface area (Å²) < 4.78 is 4.98. The number of ether oxygens (including phenoxy) is 1. The molecule has 1 fully saturated rings. The molecule has 1 aromatic rings. The van der Waals surface area contributed by atoms with E-state index < -0.39 is 4.92 Å². The Morgan fingerprint density at radius 1 is 1.40 bits per heavy atom. The van der Waals surface area contributed by atoms with Crippen molar-refractivity contribution in [3.63, 3.8) is 0 Å². The number of anilines is 1. The van der Waals surface area contributed by atoms with Gasteiger partial charge in [-0.3, -0.25) is 24.7 Å². The molecule has 0 unspecified atom stereocenters. The maximum atomic E-state index is 12.2. The van der Waals surface area contributed by atoms with E-state index in [2.05, 4.69) is 10.2 Å². The lowest BCUT2D eigenvalue weighted by atomic mass is 10.2. The number of amides is 1. The molecule has 1 atom stereocenters. The molecule has 0 aliphatic carbocycles. The van der Waals surface area contributed by atoms with Crippen molar-refractivity contribution in [1.82, 2.24) is 9.80 Å². The maximum absolute atomic E-state index is 12.2. The van der Waals surface area contributed by atoms with Crippen molar-refractivity contribution >= 4 is 17.3 Å². The van der Waals surface area contributed by atoms with Crippen molar-refractivity contribution < 1.29 is 19.6 Å². The number of methoxy groups -OCH3 is 1. The standard InChI is InChI=1S/C16H24N4O5/c1-12(11-21)19-7-5-18(6-8-19)10-16(22)17-14-4-3-13(25-2)9-15(14)20(23)24/h3-4,9,12,21H,5-8,10-11H2,1-2H3,(H,17,22)/t12-/m1/s1. The Morgan fingerprint density at radius 3 is 2.64 bits per heavy atom. The molecule has 9 heteroatoms. The van der Waals surface area contributed by atoms with Crippen LogP contribution in [-0.4, -0.2) is 78.2 Å². The second kappa shape index (κ2) is 8.75. The van der Waals surface area contributed by atoms with Gasteiger partial charge in [-0.2, -0.15) is 0 Å². The van der Waals surface area contributed by atoms with Gasteiger partial charge in [0.25, 0.3) is 5.69 Å². The smallest absolute Gasteiger partial charge is 0.296 e. The highest BCUT2D eigenvalue weighted by Crippen LogP contribution is 2.28. The van der Waals surface area contributed by atoms with Gasteiger partial charge in [0, 0.05) is 32.2 Å². The van der Waals surface area contributed by atoms with Crippen LogP contribution in [0.15, 0.2) is 18.2 Å². The number of carbonyl (C=O) groups excluding carboxylic acids is 1. The Morgan fingerprint density at radius 2 is 2.08 bits per heavy atom. The number of aliphatic hydroxyl groups is 1. The van der Waals surface area contributed by atoms with Gasteiger partial charge in [0.2, 0.25) is 5.91 Å². The van der Waals surface area contributed by atoms with E-state index in [1.807, 2.05) is 11.8 Å². The number of rotatable bonds is 7. The zero-order chi connectivity index (χ0) is 18.4. The number of nitrogens with zero attached hydrogens (tertiary/aromatic N) is 3. The molecule has 1 heterocycles. The van der Waals surface area contributed by atoms with Gasteiger partial charge in [0.15, 0.2) is 0 Å². The minimum atomic E-state index is -0.548. The normalized spacial score (nSPS) is 17.1. The predicted octanol–water partition coefficient (Wildman–Crippen LogP) is 0.540. The Kier molecular flexibility index (Phi) is 6.68. The average Bonchev–Trinajstić information content (AvgIpc) is 2.61. The van der Waals surface area contributed by atoms with Crippen molar-refractivity contribution in [2.24, 2.45) is 0 Å². The van der Waals surface area contributed by atoms with E-state index in [1.165, 1.54) is 19.2 Å². The highest BCUT2D eigenvalue weighted by Gasteiger charge is 2.23. The highest BCUT2D eigenvalue weighted by molar-refractivity contribution is 5.94. The number of hydrogen-bond donors (Lipinski definition) is 2. The van der Waals surface area contributed by atoms with E-state index in [1.54, 1.807) is 6.07 Å². The number of nitrogens with one attached hydrogen (secondary N) is 1. The third kappa shape index (κ3) is 5.12. The molecule has 1 aromatic carbocycles. The molecule has 0 aromatic heterocycles. The quantitative estimate of drug-likeness (QED) is 0.544. The van der Waals surface area contributed by atoms with Gasteiger partial charge in [-0.25, -0.2) is 0 Å². The molecule has 138 valence electrons. The van der Waals surface area contributed by atoms with Crippen molar-refractivity contribution in [2.45, 2.75) is 13.0 Å². The monoisotopic (exact) mass is 352 g/mol. The molecule has 2 N–H and O–H groups in total. The molecule has 0 radical (unpaired) electrons.